The average Bonchev–Trinajstić information content (AvgIpc) is 3.86. The number of rotatable bonds is 8. The summed E-state index contributed by atoms with van der Waals surface area (Å²) in [6.07, 6.45) is 2.95. The number of alkyl halides is 1. The summed E-state index contributed by atoms with van der Waals surface area (Å²) in [5, 5.41) is 7.16. The molecule has 2 saturated carbocycles. The zero-order valence-corrected chi connectivity index (χ0v) is 34.0. The van der Waals surface area contributed by atoms with Gasteiger partial charge in [0.05, 0.1) is 27.3 Å². The minimum absolute atomic E-state index is 0. The Morgan fingerprint density at radius 1 is 0.860 bits per heavy atom. The van der Waals surface area contributed by atoms with Crippen LogP contribution in [0.5, 0.6) is 0 Å². The largest absolute Gasteiger partial charge is 1.00 e. The number of amides is 2. The van der Waals surface area contributed by atoms with Crippen molar-refractivity contribution in [2.24, 2.45) is 0 Å². The van der Waals surface area contributed by atoms with E-state index in [9.17, 15) is 26.4 Å². The fourth-order valence-electron chi connectivity index (χ4n) is 3.84. The quantitative estimate of drug-likeness (QED) is 0.224. The van der Waals surface area contributed by atoms with E-state index in [1.165, 1.54) is 6.42 Å². The van der Waals surface area contributed by atoms with E-state index < -0.39 is 53.4 Å². The van der Waals surface area contributed by atoms with Gasteiger partial charge < -0.3 is 25.4 Å². The third kappa shape index (κ3) is 16.4. The molecule has 0 unspecified atom stereocenters. The van der Waals surface area contributed by atoms with E-state index in [4.69, 9.17) is 30.1 Å². The number of unbranched alkanes of at least 4 members (excludes halogenated alkanes) is 1. The van der Waals surface area contributed by atoms with Gasteiger partial charge in [-0.3, -0.25) is 0 Å². The molecule has 282 valence electrons. The summed E-state index contributed by atoms with van der Waals surface area (Å²) in [5.41, 5.74) is 1.93. The number of aryl methyl sites for hydroxylation is 4. The van der Waals surface area contributed by atoms with E-state index in [1.54, 1.807) is 55.4 Å². The van der Waals surface area contributed by atoms with E-state index in [2.05, 4.69) is 24.2 Å². The van der Waals surface area contributed by atoms with Gasteiger partial charge in [0.25, 0.3) is 0 Å². The van der Waals surface area contributed by atoms with Crippen LogP contribution >= 0.6 is 11.6 Å². The summed E-state index contributed by atoms with van der Waals surface area (Å²) in [6, 6.07) is 0. The number of aromatic nitrogens is 2. The molecule has 2 aromatic rings. The third-order valence-electron chi connectivity index (χ3n) is 6.93. The molecule has 2 heterocycles. The standard InChI is InChI=1S/C14H22N2O5S.C8H15NO4S.C6H8ClNO.C4H9.Li/c1-9-11(10(2)21-15-9)8-14(6-7-14)22(18,19)16-12(17)20-13(3,4)5;1-8(2,3)13-7(10)9-14(11,12)6-4-5-6;1-4-6(3-7)5(2)9-8-4;1-3-4-2;/h6-8H2,1-5H3,(H,16,17);6H,4-5H2,1-3H3,(H,9,10);3H2,1-2H3;1,3-4H2,2H3;/q;;;-1;+1. The molecule has 50 heavy (non-hydrogen) atoms. The van der Waals surface area contributed by atoms with E-state index in [-0.39, 0.29) is 25.3 Å². The first-order valence-corrected chi connectivity index (χ1v) is 19.6. The van der Waals surface area contributed by atoms with E-state index >= 15 is 0 Å². The number of carbonyl (C=O) groups is 2. The number of halogens is 1. The van der Waals surface area contributed by atoms with E-state index in [0.29, 0.717) is 43.0 Å². The van der Waals surface area contributed by atoms with E-state index in [0.717, 1.165) is 29.0 Å². The Morgan fingerprint density at radius 3 is 1.54 bits per heavy atom. The molecule has 4 rings (SSSR count). The number of hydrogen-bond donors (Lipinski definition) is 2. The normalized spacial score (nSPS) is 14.9. The van der Waals surface area contributed by atoms with Gasteiger partial charge in [0.2, 0.25) is 20.0 Å². The summed E-state index contributed by atoms with van der Waals surface area (Å²) in [4.78, 5) is 22.8. The molecule has 0 saturated heterocycles. The topological polar surface area (TPSA) is 197 Å². The van der Waals surface area contributed by atoms with Crippen LogP contribution in [0.1, 0.15) is 121 Å². The van der Waals surface area contributed by atoms with Crippen molar-refractivity contribution in [3.63, 3.8) is 0 Å². The summed E-state index contributed by atoms with van der Waals surface area (Å²) in [6.45, 7) is 23.0. The number of nitrogens with zero attached hydrogens (tertiary/aromatic N) is 2. The molecule has 0 aliphatic heterocycles. The number of hydrogen-bond acceptors (Lipinski definition) is 12. The Labute approximate surface area is 315 Å². The van der Waals surface area contributed by atoms with Crippen LogP contribution in [-0.2, 0) is 41.8 Å². The van der Waals surface area contributed by atoms with Crippen LogP contribution in [0.4, 0.5) is 9.59 Å². The fourth-order valence-corrected chi connectivity index (χ4v) is 6.87. The average molecular weight is 761 g/mol. The smallest absolute Gasteiger partial charge is 0.443 e. The SMILES string of the molecule is CC(C)(C)OC(=O)NS(=O)(=O)C1CC1.Cc1noc(C)c1CC1(S(=O)(=O)NC(=O)OC(C)(C)C)CC1.Cc1noc(C)c1CCl.[CH2-]CCC.[Li+]. The van der Waals surface area contributed by atoms with Crippen molar-refractivity contribution >= 4 is 43.8 Å². The second kappa shape index (κ2) is 19.5. The van der Waals surface area contributed by atoms with Gasteiger partial charge in [-0.15, -0.1) is 11.6 Å². The van der Waals surface area contributed by atoms with Crippen molar-refractivity contribution in [1.82, 2.24) is 19.8 Å². The molecular formula is C32H54ClLiN4O10S2. The van der Waals surface area contributed by atoms with Crippen LogP contribution in [0.2, 0.25) is 0 Å². The van der Waals surface area contributed by atoms with Gasteiger partial charge in [-0.2, -0.15) is 6.42 Å². The molecule has 2 amide bonds. The van der Waals surface area contributed by atoms with Crippen molar-refractivity contribution in [3.05, 3.63) is 41.0 Å². The van der Waals surface area contributed by atoms with Crippen molar-refractivity contribution < 1.29 is 63.8 Å². The molecular weight excluding hydrogens is 707 g/mol. The number of ether oxygens (including phenoxy) is 2. The van der Waals surface area contributed by atoms with Gasteiger partial charge in [-0.25, -0.2) is 35.9 Å². The molecule has 2 aliphatic rings. The third-order valence-corrected chi connectivity index (χ3v) is 11.1. The first-order chi connectivity index (χ1) is 22.3. The van der Waals surface area contributed by atoms with Crippen LogP contribution in [-0.4, -0.2) is 60.5 Å². The molecule has 18 heteroatoms. The molecule has 2 aromatic heterocycles. The van der Waals surface area contributed by atoms with Crippen LogP contribution in [0.3, 0.4) is 0 Å². The Bertz CT molecular complexity index is 1560. The monoisotopic (exact) mass is 760 g/mol. The van der Waals surface area contributed by atoms with Crippen LogP contribution in [0.25, 0.3) is 0 Å². The zero-order valence-electron chi connectivity index (χ0n) is 31.6. The predicted molar refractivity (Wildman–Crippen MR) is 187 cm³/mol. The molecule has 2 fully saturated rings. The van der Waals surface area contributed by atoms with E-state index in [1.807, 2.05) is 23.3 Å². The minimum atomic E-state index is -3.82. The number of sulfonamides is 2. The Hall–Kier alpha value is -2.25. The summed E-state index contributed by atoms with van der Waals surface area (Å²) in [5.74, 6) is 1.92. The second-order valence-corrected chi connectivity index (χ2v) is 18.2. The van der Waals surface area contributed by atoms with Gasteiger partial charge in [0, 0.05) is 11.1 Å². The fraction of sp³-hybridized carbons (Fsp3) is 0.719. The maximum absolute atomic E-state index is 12.5. The summed E-state index contributed by atoms with van der Waals surface area (Å²) in [7, 11) is -7.31. The Kier molecular flexibility index (Phi) is 18.7. The number of nitrogens with one attached hydrogen (secondary N) is 2. The molecule has 14 nitrogen and oxygen atoms in total. The predicted octanol–water partition coefficient (Wildman–Crippen LogP) is 3.88. The first-order valence-electron chi connectivity index (χ1n) is 16.0. The van der Waals surface area contributed by atoms with Crippen molar-refractivity contribution in [2.45, 2.75) is 148 Å². The molecule has 2 aliphatic carbocycles. The van der Waals surface area contributed by atoms with Crippen molar-refractivity contribution in [1.29, 1.82) is 0 Å². The summed E-state index contributed by atoms with van der Waals surface area (Å²) < 4.78 is 70.2. The maximum atomic E-state index is 12.5. The zero-order chi connectivity index (χ0) is 38.0. The minimum Gasteiger partial charge on any atom is -0.443 e. The van der Waals surface area contributed by atoms with Gasteiger partial charge >= 0.3 is 31.0 Å². The number of carbonyl (C=O) groups excluding carboxylic acids is 2. The maximum Gasteiger partial charge on any atom is 1.00 e. The Balaban J connectivity index is 0.000000733. The van der Waals surface area contributed by atoms with Crippen LogP contribution < -0.4 is 28.3 Å². The second-order valence-electron chi connectivity index (χ2n) is 13.9. The Morgan fingerprint density at radius 2 is 1.26 bits per heavy atom. The van der Waals surface area contributed by atoms with Crippen molar-refractivity contribution in [2.75, 3.05) is 0 Å². The van der Waals surface area contributed by atoms with Gasteiger partial charge in [0.15, 0.2) is 0 Å². The molecule has 0 spiro atoms. The van der Waals surface area contributed by atoms with Crippen LogP contribution in [0, 0.1) is 34.6 Å². The molecule has 2 N–H and O–H groups in total. The van der Waals surface area contributed by atoms with Crippen molar-refractivity contribution in [3.8, 4) is 0 Å². The summed E-state index contributed by atoms with van der Waals surface area (Å²) >= 11 is 5.58. The van der Waals surface area contributed by atoms with Gasteiger partial charge in [0.1, 0.15) is 22.7 Å². The molecule has 0 atom stereocenters. The molecule has 0 bridgehead atoms. The first kappa shape index (κ1) is 47.7. The van der Waals surface area contributed by atoms with Gasteiger partial charge in [-0.1, -0.05) is 23.7 Å². The van der Waals surface area contributed by atoms with Gasteiger partial charge in [-0.05, 0) is 101 Å². The molecule has 0 radical (unpaired) electrons. The molecule has 0 aromatic carbocycles. The van der Waals surface area contributed by atoms with Crippen LogP contribution in [0.15, 0.2) is 9.05 Å².